The van der Waals surface area contributed by atoms with Gasteiger partial charge in [0, 0.05) is 33.0 Å². The number of carbonyl (C=O) groups excluding carboxylic acids is 3. The third kappa shape index (κ3) is 4.55. The van der Waals surface area contributed by atoms with Gasteiger partial charge in [-0.25, -0.2) is 0 Å². The SMILES string of the molecule is C[C@@H]1C[C@@H]1C(=O)NCCC(=O)Nc1ccccc1C(=O)N(C)C. The van der Waals surface area contributed by atoms with E-state index in [0.717, 1.165) is 6.42 Å². The number of anilines is 1. The molecule has 2 rings (SSSR count). The second kappa shape index (κ2) is 7.26. The lowest BCUT2D eigenvalue weighted by molar-refractivity contribution is -0.122. The lowest BCUT2D eigenvalue weighted by Crippen LogP contribution is -2.29. The van der Waals surface area contributed by atoms with Gasteiger partial charge in [0.1, 0.15) is 0 Å². The maximum Gasteiger partial charge on any atom is 0.255 e. The summed E-state index contributed by atoms with van der Waals surface area (Å²) in [6.07, 6.45) is 1.11. The maximum absolute atomic E-state index is 12.1. The first-order valence-electron chi connectivity index (χ1n) is 7.78. The quantitative estimate of drug-likeness (QED) is 0.834. The number of nitrogens with zero attached hydrogens (tertiary/aromatic N) is 1. The Balaban J connectivity index is 1.85. The predicted octanol–water partition coefficient (Wildman–Crippen LogP) is 1.49. The number of hydrogen-bond donors (Lipinski definition) is 2. The van der Waals surface area contributed by atoms with Crippen LogP contribution >= 0.6 is 0 Å². The van der Waals surface area contributed by atoms with Crippen LogP contribution in [0.15, 0.2) is 24.3 Å². The third-order valence-electron chi connectivity index (χ3n) is 3.94. The number of carbonyl (C=O) groups is 3. The molecule has 3 amide bonds. The minimum Gasteiger partial charge on any atom is -0.355 e. The van der Waals surface area contributed by atoms with Gasteiger partial charge in [-0.05, 0) is 24.5 Å². The molecular formula is C17H23N3O3. The molecule has 0 aliphatic heterocycles. The number of nitrogens with one attached hydrogen (secondary N) is 2. The smallest absolute Gasteiger partial charge is 0.255 e. The van der Waals surface area contributed by atoms with Crippen molar-refractivity contribution in [3.63, 3.8) is 0 Å². The van der Waals surface area contributed by atoms with Crippen molar-refractivity contribution in [2.24, 2.45) is 11.8 Å². The molecule has 0 heterocycles. The van der Waals surface area contributed by atoms with Gasteiger partial charge in [-0.15, -0.1) is 0 Å². The monoisotopic (exact) mass is 317 g/mol. The van der Waals surface area contributed by atoms with E-state index in [2.05, 4.69) is 10.6 Å². The van der Waals surface area contributed by atoms with Crippen LogP contribution in [0.25, 0.3) is 0 Å². The lowest BCUT2D eigenvalue weighted by Gasteiger charge is -2.14. The molecule has 6 nitrogen and oxygen atoms in total. The Morgan fingerprint density at radius 3 is 2.48 bits per heavy atom. The molecule has 23 heavy (non-hydrogen) atoms. The number of amides is 3. The Kier molecular flexibility index (Phi) is 5.36. The van der Waals surface area contributed by atoms with Gasteiger partial charge in [0.15, 0.2) is 0 Å². The van der Waals surface area contributed by atoms with Crippen LogP contribution in [0.3, 0.4) is 0 Å². The highest BCUT2D eigenvalue weighted by Crippen LogP contribution is 2.37. The second-order valence-corrected chi connectivity index (χ2v) is 6.15. The van der Waals surface area contributed by atoms with Gasteiger partial charge in [-0.1, -0.05) is 19.1 Å². The predicted molar refractivity (Wildman–Crippen MR) is 88.0 cm³/mol. The van der Waals surface area contributed by atoms with Gasteiger partial charge in [-0.3, -0.25) is 14.4 Å². The molecule has 0 unspecified atom stereocenters. The van der Waals surface area contributed by atoms with Crippen molar-refractivity contribution in [2.75, 3.05) is 26.0 Å². The molecule has 0 bridgehead atoms. The summed E-state index contributed by atoms with van der Waals surface area (Å²) >= 11 is 0. The Morgan fingerprint density at radius 2 is 1.87 bits per heavy atom. The summed E-state index contributed by atoms with van der Waals surface area (Å²) in [5, 5.41) is 5.51. The van der Waals surface area contributed by atoms with E-state index >= 15 is 0 Å². The topological polar surface area (TPSA) is 78.5 Å². The zero-order valence-electron chi connectivity index (χ0n) is 13.8. The van der Waals surface area contributed by atoms with Crippen molar-refractivity contribution < 1.29 is 14.4 Å². The summed E-state index contributed by atoms with van der Waals surface area (Å²) in [6, 6.07) is 6.88. The van der Waals surface area contributed by atoms with Crippen LogP contribution in [-0.4, -0.2) is 43.3 Å². The molecule has 1 aliphatic rings. The number of hydrogen-bond acceptors (Lipinski definition) is 3. The second-order valence-electron chi connectivity index (χ2n) is 6.15. The van der Waals surface area contributed by atoms with E-state index in [9.17, 15) is 14.4 Å². The van der Waals surface area contributed by atoms with Crippen LogP contribution in [0, 0.1) is 11.8 Å². The fourth-order valence-corrected chi connectivity index (χ4v) is 2.35. The van der Waals surface area contributed by atoms with Crippen LogP contribution < -0.4 is 10.6 Å². The van der Waals surface area contributed by atoms with E-state index < -0.39 is 0 Å². The maximum atomic E-state index is 12.1. The first kappa shape index (κ1) is 17.0. The molecule has 0 spiro atoms. The normalized spacial score (nSPS) is 18.9. The summed E-state index contributed by atoms with van der Waals surface area (Å²) in [5.74, 6) is 0.183. The van der Waals surface area contributed by atoms with Crippen molar-refractivity contribution in [1.82, 2.24) is 10.2 Å². The van der Waals surface area contributed by atoms with Crippen LogP contribution in [-0.2, 0) is 9.59 Å². The van der Waals surface area contributed by atoms with E-state index in [1.165, 1.54) is 4.90 Å². The van der Waals surface area contributed by atoms with Crippen molar-refractivity contribution >= 4 is 23.4 Å². The van der Waals surface area contributed by atoms with Gasteiger partial charge in [-0.2, -0.15) is 0 Å². The number of benzene rings is 1. The molecular weight excluding hydrogens is 294 g/mol. The average Bonchev–Trinajstić information content (AvgIpc) is 3.24. The molecule has 0 radical (unpaired) electrons. The fourth-order valence-electron chi connectivity index (χ4n) is 2.35. The minimum atomic E-state index is -0.229. The van der Waals surface area contributed by atoms with E-state index in [4.69, 9.17) is 0 Å². The molecule has 1 aromatic carbocycles. The Labute approximate surface area is 136 Å². The van der Waals surface area contributed by atoms with Gasteiger partial charge in [0.2, 0.25) is 11.8 Å². The molecule has 0 saturated heterocycles. The van der Waals surface area contributed by atoms with Gasteiger partial charge >= 0.3 is 0 Å². The first-order valence-corrected chi connectivity index (χ1v) is 7.78. The van der Waals surface area contributed by atoms with Crippen LogP contribution in [0.2, 0.25) is 0 Å². The molecule has 1 saturated carbocycles. The highest BCUT2D eigenvalue weighted by atomic mass is 16.2. The number of para-hydroxylation sites is 1. The van der Waals surface area contributed by atoms with E-state index in [-0.39, 0.29) is 30.1 Å². The molecule has 1 aliphatic carbocycles. The fraction of sp³-hybridized carbons (Fsp3) is 0.471. The molecule has 0 aromatic heterocycles. The van der Waals surface area contributed by atoms with Crippen molar-refractivity contribution in [1.29, 1.82) is 0 Å². The molecule has 2 N–H and O–H groups in total. The summed E-state index contributed by atoms with van der Waals surface area (Å²) in [5.41, 5.74) is 0.931. The Morgan fingerprint density at radius 1 is 1.22 bits per heavy atom. The standard InChI is InChI=1S/C17H23N3O3/c1-11-10-13(11)16(22)18-9-8-15(21)19-14-7-5-4-6-12(14)17(23)20(2)3/h4-7,11,13H,8-10H2,1-3H3,(H,18,22)(H,19,21)/t11-,13+/m1/s1. The van der Waals surface area contributed by atoms with Crippen molar-refractivity contribution in [3.8, 4) is 0 Å². The summed E-state index contributed by atoms with van der Waals surface area (Å²) < 4.78 is 0. The summed E-state index contributed by atoms with van der Waals surface area (Å²) in [4.78, 5) is 37.2. The van der Waals surface area contributed by atoms with Gasteiger partial charge in [0.25, 0.3) is 5.91 Å². The summed E-state index contributed by atoms with van der Waals surface area (Å²) in [6.45, 7) is 2.34. The van der Waals surface area contributed by atoms with Crippen LogP contribution in [0.1, 0.15) is 30.1 Å². The lowest BCUT2D eigenvalue weighted by atomic mass is 10.1. The third-order valence-corrected chi connectivity index (χ3v) is 3.94. The van der Waals surface area contributed by atoms with Crippen molar-refractivity contribution in [3.05, 3.63) is 29.8 Å². The van der Waals surface area contributed by atoms with Gasteiger partial charge < -0.3 is 15.5 Å². The Hall–Kier alpha value is -2.37. The molecule has 1 aromatic rings. The molecule has 1 fully saturated rings. The highest BCUT2D eigenvalue weighted by Gasteiger charge is 2.38. The molecule has 2 atom stereocenters. The van der Waals surface area contributed by atoms with E-state index in [1.54, 1.807) is 38.4 Å². The number of rotatable bonds is 6. The van der Waals surface area contributed by atoms with Crippen molar-refractivity contribution in [2.45, 2.75) is 19.8 Å². The molecule has 6 heteroatoms. The van der Waals surface area contributed by atoms with E-state index in [1.807, 2.05) is 6.92 Å². The average molecular weight is 317 g/mol. The summed E-state index contributed by atoms with van der Waals surface area (Å²) in [7, 11) is 3.32. The first-order chi connectivity index (χ1) is 10.9. The molecule has 124 valence electrons. The minimum absolute atomic E-state index is 0.0217. The zero-order valence-corrected chi connectivity index (χ0v) is 13.8. The largest absolute Gasteiger partial charge is 0.355 e. The van der Waals surface area contributed by atoms with Crippen LogP contribution in [0.5, 0.6) is 0 Å². The van der Waals surface area contributed by atoms with E-state index in [0.29, 0.717) is 23.7 Å². The van der Waals surface area contributed by atoms with Crippen LogP contribution in [0.4, 0.5) is 5.69 Å². The Bertz CT molecular complexity index is 613. The van der Waals surface area contributed by atoms with Gasteiger partial charge in [0.05, 0.1) is 11.3 Å². The highest BCUT2D eigenvalue weighted by molar-refractivity contribution is 6.03. The zero-order chi connectivity index (χ0) is 17.0.